The van der Waals surface area contributed by atoms with Crippen molar-refractivity contribution < 1.29 is 0 Å². The van der Waals surface area contributed by atoms with E-state index in [2.05, 4.69) is 20.6 Å². The summed E-state index contributed by atoms with van der Waals surface area (Å²) in [6, 6.07) is 16.9. The number of hydrogen-bond acceptors (Lipinski definition) is 4. The molecule has 0 unspecified atom stereocenters. The van der Waals surface area contributed by atoms with E-state index in [-0.39, 0.29) is 5.56 Å². The summed E-state index contributed by atoms with van der Waals surface area (Å²) >= 11 is 5.93. The largest absolute Gasteiger partial charge is 0.303 e. The molecule has 2 aromatic rings. The molecule has 1 aliphatic carbocycles. The molecule has 2 aliphatic rings. The molecular weight excluding hydrogens is 326 g/mol. The van der Waals surface area contributed by atoms with Crippen LogP contribution >= 0.6 is 11.6 Å². The smallest absolute Gasteiger partial charge is 0.263 e. The van der Waals surface area contributed by atoms with Crippen LogP contribution in [-0.2, 0) is 6.54 Å². The summed E-state index contributed by atoms with van der Waals surface area (Å²) < 4.78 is 1.71. The van der Waals surface area contributed by atoms with Gasteiger partial charge in [0.25, 0.3) is 5.56 Å². The van der Waals surface area contributed by atoms with Crippen LogP contribution in [0.25, 0.3) is 22.6 Å². The minimum absolute atomic E-state index is 0.146. The molecule has 118 valence electrons. The van der Waals surface area contributed by atoms with Crippen molar-refractivity contribution in [2.45, 2.75) is 6.54 Å². The van der Waals surface area contributed by atoms with Crippen molar-refractivity contribution in [3.63, 3.8) is 0 Å². The number of aromatic nitrogens is 5. The number of nitrogens with zero attached hydrogens (tertiary/aromatic N) is 4. The fourth-order valence-corrected chi connectivity index (χ4v) is 2.88. The highest BCUT2D eigenvalue weighted by Crippen LogP contribution is 2.29. The summed E-state index contributed by atoms with van der Waals surface area (Å²) in [5, 5.41) is 14.6. The number of hydrogen-bond donors (Lipinski definition) is 1. The van der Waals surface area contributed by atoms with E-state index in [0.29, 0.717) is 23.0 Å². The van der Waals surface area contributed by atoms with E-state index < -0.39 is 0 Å². The number of rotatable bonds is 3. The Morgan fingerprint density at radius 1 is 1.04 bits per heavy atom. The Hall–Kier alpha value is -2.99. The number of halogens is 1. The minimum Gasteiger partial charge on any atom is -0.303 e. The van der Waals surface area contributed by atoms with E-state index in [0.717, 1.165) is 16.8 Å². The van der Waals surface area contributed by atoms with Crippen molar-refractivity contribution in [3.05, 3.63) is 75.5 Å². The monoisotopic (exact) mass is 337 g/mol. The normalized spacial score (nSPS) is 11.0. The van der Waals surface area contributed by atoms with Crippen molar-refractivity contribution >= 4 is 11.6 Å². The summed E-state index contributed by atoms with van der Waals surface area (Å²) in [5.41, 5.74) is 2.90. The Balaban J connectivity index is 1.91. The lowest BCUT2D eigenvalue weighted by molar-refractivity contribution is 0.787. The first-order chi connectivity index (χ1) is 11.7. The van der Waals surface area contributed by atoms with Gasteiger partial charge in [-0.05, 0) is 29.0 Å². The van der Waals surface area contributed by atoms with E-state index >= 15 is 0 Å². The maximum atomic E-state index is 13.0. The zero-order valence-corrected chi connectivity index (χ0v) is 13.2. The van der Waals surface area contributed by atoms with Crippen molar-refractivity contribution in [2.24, 2.45) is 0 Å². The highest BCUT2D eigenvalue weighted by atomic mass is 35.5. The van der Waals surface area contributed by atoms with Crippen LogP contribution in [0.15, 0.2) is 59.4 Å². The van der Waals surface area contributed by atoms with Gasteiger partial charge in [0.1, 0.15) is 0 Å². The maximum Gasteiger partial charge on any atom is 0.263 e. The van der Waals surface area contributed by atoms with Gasteiger partial charge in [0.15, 0.2) is 0 Å². The van der Waals surface area contributed by atoms with Gasteiger partial charge in [0.2, 0.25) is 5.82 Å². The SMILES string of the molecule is O=c1c(-c2nn[nH]n2)c2cccccc-2n1Cc1ccc(Cl)cc1. The summed E-state index contributed by atoms with van der Waals surface area (Å²) in [5.74, 6) is 0.297. The molecule has 0 amide bonds. The number of fused-ring (bicyclic) bond motifs is 1. The third-order valence-corrected chi connectivity index (χ3v) is 4.11. The van der Waals surface area contributed by atoms with Gasteiger partial charge in [-0.15, -0.1) is 10.2 Å². The van der Waals surface area contributed by atoms with Crippen LogP contribution in [0.5, 0.6) is 0 Å². The average molecular weight is 338 g/mol. The first-order valence-corrected chi connectivity index (χ1v) is 7.71. The molecule has 0 bridgehead atoms. The van der Waals surface area contributed by atoms with Crippen molar-refractivity contribution in [1.29, 1.82) is 0 Å². The van der Waals surface area contributed by atoms with Crippen LogP contribution in [-0.4, -0.2) is 25.2 Å². The molecule has 1 N–H and O–H groups in total. The molecule has 0 spiro atoms. The quantitative estimate of drug-likeness (QED) is 0.623. The third-order valence-electron chi connectivity index (χ3n) is 3.86. The summed E-state index contributed by atoms with van der Waals surface area (Å²) in [7, 11) is 0. The van der Waals surface area contributed by atoms with Gasteiger partial charge in [-0.25, -0.2) is 0 Å². The molecule has 24 heavy (non-hydrogen) atoms. The fraction of sp³-hybridized carbons (Fsp3) is 0.0588. The van der Waals surface area contributed by atoms with Gasteiger partial charge in [0.05, 0.1) is 17.8 Å². The van der Waals surface area contributed by atoms with E-state index in [1.165, 1.54) is 0 Å². The lowest BCUT2D eigenvalue weighted by Crippen LogP contribution is -2.17. The molecule has 0 fully saturated rings. The zero-order valence-electron chi connectivity index (χ0n) is 12.5. The van der Waals surface area contributed by atoms with E-state index in [9.17, 15) is 4.79 Å². The lowest BCUT2D eigenvalue weighted by Gasteiger charge is -2.06. The Bertz CT molecular complexity index is 1010. The van der Waals surface area contributed by atoms with Crippen molar-refractivity contribution in [3.8, 4) is 22.6 Å². The Morgan fingerprint density at radius 3 is 2.58 bits per heavy atom. The molecule has 6 nitrogen and oxygen atoms in total. The number of nitrogens with one attached hydrogen (secondary N) is 1. The molecule has 0 radical (unpaired) electrons. The van der Waals surface area contributed by atoms with Gasteiger partial charge in [-0.1, -0.05) is 48.0 Å². The van der Waals surface area contributed by atoms with E-state index in [1.807, 2.05) is 54.6 Å². The van der Waals surface area contributed by atoms with Gasteiger partial charge < -0.3 is 4.57 Å². The number of H-pyrrole nitrogens is 1. The minimum atomic E-state index is -0.146. The number of aromatic amines is 1. The van der Waals surface area contributed by atoms with E-state index in [4.69, 9.17) is 11.6 Å². The molecule has 1 aromatic carbocycles. The average Bonchev–Trinajstić information content (AvgIpc) is 3.10. The van der Waals surface area contributed by atoms with Crippen LogP contribution < -0.4 is 5.56 Å². The molecule has 1 aromatic heterocycles. The van der Waals surface area contributed by atoms with Gasteiger partial charge >= 0.3 is 0 Å². The molecule has 2 heterocycles. The highest BCUT2D eigenvalue weighted by molar-refractivity contribution is 6.30. The summed E-state index contributed by atoms with van der Waals surface area (Å²) in [6.07, 6.45) is 0. The summed E-state index contributed by atoms with van der Waals surface area (Å²) in [4.78, 5) is 13.0. The summed E-state index contributed by atoms with van der Waals surface area (Å²) in [6.45, 7) is 0.439. The first-order valence-electron chi connectivity index (χ1n) is 7.34. The van der Waals surface area contributed by atoms with E-state index in [1.54, 1.807) is 4.57 Å². The van der Waals surface area contributed by atoms with Gasteiger partial charge in [-0.3, -0.25) is 4.79 Å². The molecule has 0 saturated heterocycles. The van der Waals surface area contributed by atoms with Crippen molar-refractivity contribution in [2.75, 3.05) is 0 Å². The maximum absolute atomic E-state index is 13.0. The lowest BCUT2D eigenvalue weighted by atomic mass is 10.1. The number of benzene rings is 1. The second-order valence-electron chi connectivity index (χ2n) is 5.34. The second-order valence-corrected chi connectivity index (χ2v) is 5.77. The Labute approximate surface area is 142 Å². The molecule has 7 heteroatoms. The third kappa shape index (κ3) is 2.47. The molecular formula is C17H12ClN5O. The highest BCUT2D eigenvalue weighted by Gasteiger charge is 2.23. The van der Waals surface area contributed by atoms with Crippen LogP contribution in [0.3, 0.4) is 0 Å². The van der Waals surface area contributed by atoms with Crippen LogP contribution in [0.1, 0.15) is 5.56 Å². The molecule has 4 rings (SSSR count). The second kappa shape index (κ2) is 5.90. The number of tetrazole rings is 1. The fourth-order valence-electron chi connectivity index (χ4n) is 2.76. The molecule has 0 atom stereocenters. The zero-order chi connectivity index (χ0) is 16.5. The van der Waals surface area contributed by atoms with Crippen LogP contribution in [0.2, 0.25) is 5.02 Å². The van der Waals surface area contributed by atoms with Gasteiger partial charge in [0, 0.05) is 10.6 Å². The van der Waals surface area contributed by atoms with Gasteiger partial charge in [-0.2, -0.15) is 5.21 Å². The Kier molecular flexibility index (Phi) is 3.59. The predicted molar refractivity (Wildman–Crippen MR) is 91.0 cm³/mol. The standard InChI is InChI=1S/C17H12ClN5O/c18-12-8-6-11(7-9-12)10-23-14-5-3-1-2-4-13(14)15(17(23)24)16-19-21-22-20-16/h1-9H,10H2,(H,19,20,21,22). The van der Waals surface area contributed by atoms with Crippen LogP contribution in [0.4, 0.5) is 0 Å². The first kappa shape index (κ1) is 14.6. The predicted octanol–water partition coefficient (Wildman–Crippen LogP) is 2.83. The van der Waals surface area contributed by atoms with Crippen LogP contribution in [0, 0.1) is 0 Å². The molecule has 1 aliphatic heterocycles. The topological polar surface area (TPSA) is 76.5 Å². The molecule has 0 saturated carbocycles. The van der Waals surface area contributed by atoms with Crippen molar-refractivity contribution in [1.82, 2.24) is 25.2 Å². The Morgan fingerprint density at radius 2 is 1.83 bits per heavy atom.